The van der Waals surface area contributed by atoms with Gasteiger partial charge in [0.1, 0.15) is 11.6 Å². The first-order valence-corrected chi connectivity index (χ1v) is 10.6. The van der Waals surface area contributed by atoms with Crippen molar-refractivity contribution in [3.63, 3.8) is 0 Å². The van der Waals surface area contributed by atoms with E-state index in [1.54, 1.807) is 13.3 Å². The fourth-order valence-corrected chi connectivity index (χ4v) is 4.25. The van der Waals surface area contributed by atoms with E-state index in [-0.39, 0.29) is 12.1 Å². The summed E-state index contributed by atoms with van der Waals surface area (Å²) in [4.78, 5) is 8.98. The molecule has 0 atom stereocenters. The van der Waals surface area contributed by atoms with E-state index in [9.17, 15) is 5.11 Å². The van der Waals surface area contributed by atoms with Crippen LogP contribution >= 0.6 is 0 Å². The molecule has 30 heavy (non-hydrogen) atoms. The molecule has 2 aliphatic rings. The topological polar surface area (TPSA) is 79.3 Å². The van der Waals surface area contributed by atoms with E-state index in [2.05, 4.69) is 38.7 Å². The maximum atomic E-state index is 9.71. The van der Waals surface area contributed by atoms with E-state index in [4.69, 9.17) is 11.2 Å². The van der Waals surface area contributed by atoms with Crippen molar-refractivity contribution in [1.29, 1.82) is 0 Å². The molecule has 156 valence electrons. The highest BCUT2D eigenvalue weighted by atomic mass is 16.5. The van der Waals surface area contributed by atoms with E-state index in [1.807, 2.05) is 12.1 Å². The van der Waals surface area contributed by atoms with Crippen LogP contribution in [0.2, 0.25) is 0 Å². The maximum Gasteiger partial charge on any atom is 0.224 e. The quantitative estimate of drug-likeness (QED) is 0.612. The molecule has 6 heteroatoms. The Hall–Kier alpha value is -3.04. The lowest BCUT2D eigenvalue weighted by atomic mass is 9.93. The van der Waals surface area contributed by atoms with Gasteiger partial charge in [-0.25, -0.2) is 4.98 Å². The van der Waals surface area contributed by atoms with Crippen molar-refractivity contribution < 1.29 is 9.84 Å². The van der Waals surface area contributed by atoms with Gasteiger partial charge in [0.15, 0.2) is 0 Å². The average molecular weight is 405 g/mol. The number of aromatic nitrogens is 2. The lowest BCUT2D eigenvalue weighted by molar-refractivity contribution is 0.126. The van der Waals surface area contributed by atoms with Crippen LogP contribution in [0.5, 0.6) is 5.75 Å². The molecule has 1 aromatic carbocycles. The monoisotopic (exact) mass is 404 g/mol. The molecule has 0 aliphatic heterocycles. The molecular formula is C24H28N4O2. The third kappa shape index (κ3) is 4.42. The molecule has 1 aromatic heterocycles. The number of aliphatic hydroxyl groups excluding tert-OH is 1. The molecule has 0 radical (unpaired) electrons. The second kappa shape index (κ2) is 9.19. The molecule has 1 heterocycles. The van der Waals surface area contributed by atoms with Gasteiger partial charge in [-0.3, -0.25) is 0 Å². The summed E-state index contributed by atoms with van der Waals surface area (Å²) in [6.45, 7) is 0.729. The van der Waals surface area contributed by atoms with Crippen LogP contribution in [-0.4, -0.2) is 40.9 Å². The SMILES string of the molecule is C#Cc1cnc(NCCC2=CCc3c(OC)cccc32)nc1NC1CCC(O)CC1. The van der Waals surface area contributed by atoms with Crippen molar-refractivity contribution in [3.8, 4) is 18.1 Å². The molecule has 2 aromatic rings. The van der Waals surface area contributed by atoms with E-state index in [0.29, 0.717) is 17.3 Å². The zero-order valence-electron chi connectivity index (χ0n) is 17.3. The van der Waals surface area contributed by atoms with Crippen LogP contribution in [0.25, 0.3) is 5.57 Å². The molecule has 3 N–H and O–H groups in total. The van der Waals surface area contributed by atoms with Crippen molar-refractivity contribution in [2.24, 2.45) is 0 Å². The van der Waals surface area contributed by atoms with Crippen LogP contribution in [0.1, 0.15) is 48.8 Å². The predicted octanol–water partition coefficient (Wildman–Crippen LogP) is 3.62. The van der Waals surface area contributed by atoms with Crippen LogP contribution in [0, 0.1) is 12.3 Å². The Labute approximate surface area is 177 Å². The first-order chi connectivity index (χ1) is 14.7. The van der Waals surface area contributed by atoms with Gasteiger partial charge in [0.25, 0.3) is 0 Å². The largest absolute Gasteiger partial charge is 0.496 e. The Morgan fingerprint density at radius 3 is 2.87 bits per heavy atom. The highest BCUT2D eigenvalue weighted by molar-refractivity contribution is 5.75. The Bertz CT molecular complexity index is 972. The summed E-state index contributed by atoms with van der Waals surface area (Å²) in [5, 5.41) is 16.5. The van der Waals surface area contributed by atoms with Crippen LogP contribution in [0.3, 0.4) is 0 Å². The summed E-state index contributed by atoms with van der Waals surface area (Å²) < 4.78 is 5.48. The standard InChI is InChI=1S/C24H28N4O2/c1-3-16-15-26-24(28-23(16)27-18-8-10-19(29)11-9-18)25-14-13-17-7-12-21-20(17)5-4-6-22(21)30-2/h1,4-7,15,18-19,29H,8-14H2,2H3,(H2,25,26,27,28). The zero-order chi connectivity index (χ0) is 20.9. The number of hydrogen-bond donors (Lipinski definition) is 3. The first-order valence-electron chi connectivity index (χ1n) is 10.6. The second-order valence-electron chi connectivity index (χ2n) is 7.85. The third-order valence-corrected chi connectivity index (χ3v) is 5.91. The third-order valence-electron chi connectivity index (χ3n) is 5.91. The van der Waals surface area contributed by atoms with Gasteiger partial charge in [-0.2, -0.15) is 4.98 Å². The van der Waals surface area contributed by atoms with Crippen molar-refractivity contribution >= 4 is 17.3 Å². The molecular weight excluding hydrogens is 376 g/mol. The Morgan fingerprint density at radius 1 is 1.27 bits per heavy atom. The van der Waals surface area contributed by atoms with Crippen LogP contribution in [0.15, 0.2) is 30.5 Å². The summed E-state index contributed by atoms with van der Waals surface area (Å²) in [6.07, 6.45) is 14.6. The summed E-state index contributed by atoms with van der Waals surface area (Å²) in [5.41, 5.74) is 4.50. The molecule has 1 fully saturated rings. The van der Waals surface area contributed by atoms with Gasteiger partial charge in [-0.05, 0) is 55.7 Å². The number of allylic oxidation sites excluding steroid dienone is 1. The van der Waals surface area contributed by atoms with Gasteiger partial charge in [0.2, 0.25) is 5.95 Å². The van der Waals surface area contributed by atoms with Crippen molar-refractivity contribution in [3.05, 3.63) is 47.2 Å². The van der Waals surface area contributed by atoms with Crippen molar-refractivity contribution in [1.82, 2.24) is 9.97 Å². The van der Waals surface area contributed by atoms with Gasteiger partial charge in [-0.15, -0.1) is 6.42 Å². The van der Waals surface area contributed by atoms with Gasteiger partial charge in [-0.1, -0.05) is 24.1 Å². The van der Waals surface area contributed by atoms with Crippen LogP contribution < -0.4 is 15.4 Å². The molecule has 0 unspecified atom stereocenters. The molecule has 2 aliphatic carbocycles. The smallest absolute Gasteiger partial charge is 0.224 e. The minimum atomic E-state index is -0.187. The summed E-state index contributed by atoms with van der Waals surface area (Å²) in [6, 6.07) is 6.47. The lowest BCUT2D eigenvalue weighted by Gasteiger charge is -2.27. The zero-order valence-corrected chi connectivity index (χ0v) is 17.3. The number of rotatable bonds is 7. The minimum absolute atomic E-state index is 0.187. The maximum absolute atomic E-state index is 9.71. The Kier molecular flexibility index (Phi) is 6.20. The van der Waals surface area contributed by atoms with Crippen molar-refractivity contribution in [2.45, 2.75) is 50.7 Å². The molecule has 0 bridgehead atoms. The second-order valence-corrected chi connectivity index (χ2v) is 7.85. The van der Waals surface area contributed by atoms with E-state index < -0.39 is 0 Å². The van der Waals surface area contributed by atoms with E-state index in [0.717, 1.165) is 50.8 Å². The predicted molar refractivity (Wildman–Crippen MR) is 120 cm³/mol. The number of aliphatic hydroxyl groups is 1. The number of hydrogen-bond acceptors (Lipinski definition) is 6. The number of nitrogens with one attached hydrogen (secondary N) is 2. The van der Waals surface area contributed by atoms with E-state index in [1.165, 1.54) is 16.7 Å². The molecule has 0 amide bonds. The summed E-state index contributed by atoms with van der Waals surface area (Å²) in [5.74, 6) is 4.86. The Balaban J connectivity index is 1.37. The lowest BCUT2D eigenvalue weighted by Crippen LogP contribution is -2.29. The van der Waals surface area contributed by atoms with E-state index >= 15 is 0 Å². The normalized spacial score (nSPS) is 20.1. The number of ether oxygens (including phenoxy) is 1. The summed E-state index contributed by atoms with van der Waals surface area (Å²) in [7, 11) is 1.72. The number of benzene rings is 1. The minimum Gasteiger partial charge on any atom is -0.496 e. The van der Waals surface area contributed by atoms with Crippen LogP contribution in [-0.2, 0) is 6.42 Å². The molecule has 4 rings (SSSR count). The fraction of sp³-hybridized carbons (Fsp3) is 0.417. The first kappa shape index (κ1) is 20.2. The molecule has 1 saturated carbocycles. The number of methoxy groups -OCH3 is 1. The highest BCUT2D eigenvalue weighted by Gasteiger charge is 2.21. The summed E-state index contributed by atoms with van der Waals surface area (Å²) >= 11 is 0. The van der Waals surface area contributed by atoms with Crippen molar-refractivity contribution in [2.75, 3.05) is 24.3 Å². The molecule has 0 saturated heterocycles. The van der Waals surface area contributed by atoms with Gasteiger partial charge in [0.05, 0.1) is 25.0 Å². The fourth-order valence-electron chi connectivity index (χ4n) is 4.25. The van der Waals surface area contributed by atoms with Gasteiger partial charge < -0.3 is 20.5 Å². The Morgan fingerprint density at radius 2 is 2.10 bits per heavy atom. The average Bonchev–Trinajstić information content (AvgIpc) is 3.19. The van der Waals surface area contributed by atoms with Gasteiger partial charge in [0, 0.05) is 18.2 Å². The highest BCUT2D eigenvalue weighted by Crippen LogP contribution is 2.35. The van der Waals surface area contributed by atoms with Crippen LogP contribution in [0.4, 0.5) is 11.8 Å². The molecule has 0 spiro atoms. The van der Waals surface area contributed by atoms with Gasteiger partial charge >= 0.3 is 0 Å². The number of fused-ring (bicyclic) bond motifs is 1. The number of anilines is 2. The molecule has 6 nitrogen and oxygen atoms in total. The number of nitrogens with zero attached hydrogens (tertiary/aromatic N) is 2. The number of terminal acetylenes is 1.